The summed E-state index contributed by atoms with van der Waals surface area (Å²) < 4.78 is 0. The van der Waals surface area contributed by atoms with Crippen LogP contribution in [0.1, 0.15) is 28.9 Å². The van der Waals surface area contributed by atoms with Crippen LogP contribution < -0.4 is 15.5 Å². The molecule has 0 saturated carbocycles. The molecule has 1 fully saturated rings. The minimum Gasteiger partial charge on any atom is -0.364 e. The number of nitrogens with one attached hydrogen (secondary N) is 2. The molecule has 3 aromatic rings. The molecule has 1 aliphatic heterocycles. The third kappa shape index (κ3) is 4.43. The topological polar surface area (TPSA) is 83.0 Å². The van der Waals surface area contributed by atoms with Gasteiger partial charge in [0.2, 0.25) is 0 Å². The smallest absolute Gasteiger partial charge is 0.276 e. The van der Waals surface area contributed by atoms with E-state index in [1.807, 2.05) is 36.5 Å². The summed E-state index contributed by atoms with van der Waals surface area (Å²) in [5.74, 6) is 1.36. The summed E-state index contributed by atoms with van der Waals surface area (Å²) in [5.41, 5.74) is 2.06. The fourth-order valence-corrected chi connectivity index (χ4v) is 3.11. The molecule has 0 spiro atoms. The standard InChI is InChI=1S/C21H22N6O/c28-21(24-17-6-2-1-3-7-17)18-9-10-19(26-25-18)22-14-16-8-11-20(23-15-16)27-12-4-5-13-27/h1-3,6-11,15H,4-5,12-14H2,(H,22,26)(H,24,28). The Morgan fingerprint density at radius 2 is 1.79 bits per heavy atom. The van der Waals surface area contributed by atoms with E-state index in [1.165, 1.54) is 12.8 Å². The van der Waals surface area contributed by atoms with Crippen molar-refractivity contribution in [3.8, 4) is 0 Å². The number of amides is 1. The number of para-hydroxylation sites is 1. The van der Waals surface area contributed by atoms with Gasteiger partial charge in [-0.2, -0.15) is 0 Å². The number of aromatic nitrogens is 3. The average Bonchev–Trinajstić information content (AvgIpc) is 3.29. The lowest BCUT2D eigenvalue weighted by Crippen LogP contribution is -2.18. The van der Waals surface area contributed by atoms with E-state index in [2.05, 4.69) is 42.8 Å². The number of hydrogen-bond donors (Lipinski definition) is 2. The van der Waals surface area contributed by atoms with Crippen molar-refractivity contribution in [1.29, 1.82) is 0 Å². The Balaban J connectivity index is 1.31. The van der Waals surface area contributed by atoms with E-state index in [9.17, 15) is 4.79 Å². The van der Waals surface area contributed by atoms with Gasteiger partial charge in [-0.3, -0.25) is 4.79 Å². The summed E-state index contributed by atoms with van der Waals surface area (Å²) >= 11 is 0. The number of benzene rings is 1. The highest BCUT2D eigenvalue weighted by Crippen LogP contribution is 2.18. The normalized spacial score (nSPS) is 13.4. The number of pyridine rings is 1. The molecule has 0 bridgehead atoms. The highest BCUT2D eigenvalue weighted by atomic mass is 16.1. The van der Waals surface area contributed by atoms with Gasteiger partial charge in [0.1, 0.15) is 11.6 Å². The van der Waals surface area contributed by atoms with E-state index in [1.54, 1.807) is 12.1 Å². The maximum atomic E-state index is 12.2. The highest BCUT2D eigenvalue weighted by Gasteiger charge is 2.13. The Hall–Kier alpha value is -3.48. The van der Waals surface area contributed by atoms with E-state index in [0.717, 1.165) is 30.2 Å². The first kappa shape index (κ1) is 17.9. The third-order valence-corrected chi connectivity index (χ3v) is 4.64. The van der Waals surface area contributed by atoms with E-state index >= 15 is 0 Å². The van der Waals surface area contributed by atoms with Gasteiger partial charge in [0.15, 0.2) is 5.69 Å². The molecular weight excluding hydrogens is 352 g/mol. The summed E-state index contributed by atoms with van der Waals surface area (Å²) in [4.78, 5) is 19.1. The Morgan fingerprint density at radius 1 is 0.964 bits per heavy atom. The van der Waals surface area contributed by atoms with Gasteiger partial charge in [-0.25, -0.2) is 4.98 Å². The number of anilines is 3. The summed E-state index contributed by atoms with van der Waals surface area (Å²) in [6, 6.07) is 16.8. The fourth-order valence-electron chi connectivity index (χ4n) is 3.11. The molecule has 0 aliphatic carbocycles. The molecule has 2 N–H and O–H groups in total. The van der Waals surface area contributed by atoms with Crippen molar-refractivity contribution >= 4 is 23.2 Å². The number of nitrogens with zero attached hydrogens (tertiary/aromatic N) is 4. The van der Waals surface area contributed by atoms with Crippen LogP contribution in [0.3, 0.4) is 0 Å². The van der Waals surface area contributed by atoms with Crippen molar-refractivity contribution in [2.24, 2.45) is 0 Å². The largest absolute Gasteiger partial charge is 0.364 e. The molecule has 3 heterocycles. The molecule has 0 radical (unpaired) electrons. The van der Waals surface area contributed by atoms with Crippen LogP contribution in [0.2, 0.25) is 0 Å². The zero-order chi connectivity index (χ0) is 19.2. The fraction of sp³-hybridized carbons (Fsp3) is 0.238. The van der Waals surface area contributed by atoms with Crippen molar-refractivity contribution in [3.05, 3.63) is 72.1 Å². The van der Waals surface area contributed by atoms with Crippen molar-refractivity contribution in [2.45, 2.75) is 19.4 Å². The van der Waals surface area contributed by atoms with Crippen LogP contribution in [-0.2, 0) is 6.54 Å². The minimum absolute atomic E-state index is 0.269. The third-order valence-electron chi connectivity index (χ3n) is 4.64. The second kappa shape index (κ2) is 8.47. The van der Waals surface area contributed by atoms with Crippen LogP contribution in [-0.4, -0.2) is 34.2 Å². The zero-order valence-electron chi connectivity index (χ0n) is 15.5. The lowest BCUT2D eigenvalue weighted by molar-refractivity contribution is 0.102. The van der Waals surface area contributed by atoms with Crippen molar-refractivity contribution in [1.82, 2.24) is 15.2 Å². The van der Waals surface area contributed by atoms with Crippen LogP contribution in [0.4, 0.5) is 17.3 Å². The number of carbonyl (C=O) groups is 1. The lowest BCUT2D eigenvalue weighted by atomic mass is 10.2. The Morgan fingerprint density at radius 3 is 2.46 bits per heavy atom. The van der Waals surface area contributed by atoms with E-state index in [4.69, 9.17) is 0 Å². The zero-order valence-corrected chi connectivity index (χ0v) is 15.5. The Labute approximate surface area is 163 Å². The number of hydrogen-bond acceptors (Lipinski definition) is 6. The first-order valence-electron chi connectivity index (χ1n) is 9.42. The molecule has 7 nitrogen and oxygen atoms in total. The second-order valence-electron chi connectivity index (χ2n) is 6.70. The number of rotatable bonds is 6. The molecule has 2 aromatic heterocycles. The Bertz CT molecular complexity index is 906. The van der Waals surface area contributed by atoms with Crippen LogP contribution in [0.5, 0.6) is 0 Å². The predicted octanol–water partition coefficient (Wildman–Crippen LogP) is 3.34. The van der Waals surface area contributed by atoms with E-state index in [0.29, 0.717) is 12.4 Å². The maximum absolute atomic E-state index is 12.2. The van der Waals surface area contributed by atoms with Gasteiger partial charge in [-0.15, -0.1) is 10.2 Å². The average molecular weight is 374 g/mol. The molecule has 7 heteroatoms. The molecule has 0 atom stereocenters. The first-order valence-corrected chi connectivity index (χ1v) is 9.42. The second-order valence-corrected chi connectivity index (χ2v) is 6.70. The predicted molar refractivity (Wildman–Crippen MR) is 109 cm³/mol. The van der Waals surface area contributed by atoms with E-state index in [-0.39, 0.29) is 11.6 Å². The molecule has 1 aliphatic rings. The van der Waals surface area contributed by atoms with Crippen molar-refractivity contribution in [3.63, 3.8) is 0 Å². The molecule has 28 heavy (non-hydrogen) atoms. The molecular formula is C21H22N6O. The summed E-state index contributed by atoms with van der Waals surface area (Å²) in [7, 11) is 0. The summed E-state index contributed by atoms with van der Waals surface area (Å²) in [6.45, 7) is 2.77. The van der Waals surface area contributed by atoms with Gasteiger partial charge in [0, 0.05) is 31.5 Å². The lowest BCUT2D eigenvalue weighted by Gasteiger charge is -2.16. The molecule has 0 unspecified atom stereocenters. The van der Waals surface area contributed by atoms with Crippen LogP contribution in [0, 0.1) is 0 Å². The summed E-state index contributed by atoms with van der Waals surface area (Å²) in [5, 5.41) is 14.1. The van der Waals surface area contributed by atoms with Crippen LogP contribution in [0.25, 0.3) is 0 Å². The van der Waals surface area contributed by atoms with E-state index < -0.39 is 0 Å². The maximum Gasteiger partial charge on any atom is 0.276 e. The minimum atomic E-state index is -0.285. The Kier molecular flexibility index (Phi) is 5.42. The van der Waals surface area contributed by atoms with Crippen LogP contribution >= 0.6 is 0 Å². The van der Waals surface area contributed by atoms with Gasteiger partial charge in [-0.1, -0.05) is 24.3 Å². The van der Waals surface area contributed by atoms with Gasteiger partial charge >= 0.3 is 0 Å². The van der Waals surface area contributed by atoms with Gasteiger partial charge in [-0.05, 0) is 48.7 Å². The van der Waals surface area contributed by atoms with Crippen molar-refractivity contribution in [2.75, 3.05) is 28.6 Å². The highest BCUT2D eigenvalue weighted by molar-refractivity contribution is 6.02. The molecule has 142 valence electrons. The molecule has 1 saturated heterocycles. The van der Waals surface area contributed by atoms with Gasteiger partial charge in [0.05, 0.1) is 0 Å². The molecule has 1 aromatic carbocycles. The van der Waals surface area contributed by atoms with Crippen molar-refractivity contribution < 1.29 is 4.79 Å². The van der Waals surface area contributed by atoms with Gasteiger partial charge in [0.25, 0.3) is 5.91 Å². The van der Waals surface area contributed by atoms with Gasteiger partial charge < -0.3 is 15.5 Å². The summed E-state index contributed by atoms with van der Waals surface area (Å²) in [6.07, 6.45) is 4.36. The number of carbonyl (C=O) groups excluding carboxylic acids is 1. The monoisotopic (exact) mass is 374 g/mol. The molecule has 1 amide bonds. The first-order chi connectivity index (χ1) is 13.8. The molecule has 4 rings (SSSR count). The van der Waals surface area contributed by atoms with Crippen LogP contribution in [0.15, 0.2) is 60.8 Å². The quantitative estimate of drug-likeness (QED) is 0.689. The SMILES string of the molecule is O=C(Nc1ccccc1)c1ccc(NCc2ccc(N3CCCC3)nc2)nn1.